The lowest BCUT2D eigenvalue weighted by molar-refractivity contribution is -0.383. The summed E-state index contributed by atoms with van der Waals surface area (Å²) in [6, 6.07) is 0.943. The average molecular weight is 358 g/mol. The normalized spacial score (nSPS) is 12.3. The van der Waals surface area contributed by atoms with Gasteiger partial charge in [-0.1, -0.05) is 11.3 Å². The molecule has 0 unspecified atom stereocenters. The highest BCUT2D eigenvalue weighted by atomic mass is 32.2. The Bertz CT molecular complexity index is 723. The number of nitrogens with zero attached hydrogens (tertiary/aromatic N) is 1. The number of rotatable bonds is 8. The fourth-order valence-electron chi connectivity index (χ4n) is 1.36. The highest BCUT2D eigenvalue weighted by molar-refractivity contribution is 7.91. The molecule has 0 aromatic carbocycles. The zero-order chi connectivity index (χ0) is 16.3. The molecule has 0 aliphatic rings. The van der Waals surface area contributed by atoms with Crippen LogP contribution in [-0.2, 0) is 20.0 Å². The minimum Gasteiger partial charge on any atom is -0.374 e. The molecule has 0 aliphatic heterocycles. The van der Waals surface area contributed by atoms with Crippen LogP contribution in [0, 0.1) is 10.1 Å². The van der Waals surface area contributed by atoms with Crippen molar-refractivity contribution in [1.29, 1.82) is 0 Å². The molecule has 120 valence electrons. The summed E-state index contributed by atoms with van der Waals surface area (Å²) in [7, 11) is -6.15. The molecule has 0 amide bonds. The first-order chi connectivity index (χ1) is 9.57. The first-order valence-corrected chi connectivity index (χ1v) is 9.54. The maximum atomic E-state index is 11.9. The molecular formula is C8H14N4O6S3. The summed E-state index contributed by atoms with van der Waals surface area (Å²) in [4.78, 5) is 10.1. The Labute approximate surface area is 125 Å². The molecule has 13 heteroatoms. The number of thiophene rings is 1. The van der Waals surface area contributed by atoms with Crippen molar-refractivity contribution in [3.63, 3.8) is 0 Å². The molecule has 1 rings (SSSR count). The summed E-state index contributed by atoms with van der Waals surface area (Å²) in [5, 5.41) is 18.2. The van der Waals surface area contributed by atoms with Crippen molar-refractivity contribution in [1.82, 2.24) is 4.72 Å². The van der Waals surface area contributed by atoms with Gasteiger partial charge in [0.15, 0.2) is 5.00 Å². The molecule has 1 heterocycles. The molecule has 0 fully saturated rings. The van der Waals surface area contributed by atoms with Crippen LogP contribution in [0.25, 0.3) is 0 Å². The third-order valence-corrected chi connectivity index (χ3v) is 6.21. The van der Waals surface area contributed by atoms with Crippen molar-refractivity contribution in [2.75, 3.05) is 24.7 Å². The Morgan fingerprint density at radius 1 is 1.38 bits per heavy atom. The van der Waals surface area contributed by atoms with E-state index < -0.39 is 25.0 Å². The van der Waals surface area contributed by atoms with Gasteiger partial charge in [0, 0.05) is 19.7 Å². The molecule has 0 saturated carbocycles. The van der Waals surface area contributed by atoms with Crippen molar-refractivity contribution >= 4 is 42.1 Å². The number of sulfonamides is 2. The van der Waals surface area contributed by atoms with E-state index in [-0.39, 0.29) is 33.6 Å². The van der Waals surface area contributed by atoms with Crippen LogP contribution < -0.4 is 15.2 Å². The Morgan fingerprint density at radius 2 is 2.00 bits per heavy atom. The number of nitrogens with two attached hydrogens (primary N) is 1. The van der Waals surface area contributed by atoms with Gasteiger partial charge in [-0.25, -0.2) is 26.7 Å². The van der Waals surface area contributed by atoms with Crippen LogP contribution in [0.2, 0.25) is 0 Å². The molecule has 0 bridgehead atoms. The first-order valence-electron chi connectivity index (χ1n) is 5.53. The number of nitro groups is 1. The van der Waals surface area contributed by atoms with E-state index in [1.165, 1.54) is 7.05 Å². The monoisotopic (exact) mass is 358 g/mol. The van der Waals surface area contributed by atoms with Crippen LogP contribution >= 0.6 is 11.3 Å². The van der Waals surface area contributed by atoms with Gasteiger partial charge in [-0.15, -0.1) is 0 Å². The van der Waals surface area contributed by atoms with Crippen molar-refractivity contribution in [2.45, 2.75) is 10.6 Å². The summed E-state index contributed by atoms with van der Waals surface area (Å²) >= 11 is 0.712. The fraction of sp³-hybridized carbons (Fsp3) is 0.500. The van der Waals surface area contributed by atoms with Gasteiger partial charge in [0.05, 0.1) is 10.7 Å². The van der Waals surface area contributed by atoms with E-state index in [1.807, 2.05) is 0 Å². The van der Waals surface area contributed by atoms with Gasteiger partial charge in [0.2, 0.25) is 20.0 Å². The Hall–Kier alpha value is -1.28. The standard InChI is InChI=1S/C8H14N4O6S3/c1-10-8-6(12(13)14)5-7(19-8)21(17,18)11-3-2-4-20(9,15)16/h5,10-11H,2-4H2,1H3,(H2,9,15,16). The Kier molecular flexibility index (Phi) is 5.63. The minimum atomic E-state index is -3.93. The van der Waals surface area contributed by atoms with E-state index >= 15 is 0 Å². The second kappa shape index (κ2) is 6.65. The highest BCUT2D eigenvalue weighted by Gasteiger charge is 2.25. The maximum Gasteiger partial charge on any atom is 0.304 e. The Morgan fingerprint density at radius 3 is 2.43 bits per heavy atom. The summed E-state index contributed by atoms with van der Waals surface area (Å²) < 4.78 is 47.2. The van der Waals surface area contributed by atoms with Crippen LogP contribution in [0.5, 0.6) is 0 Å². The quantitative estimate of drug-likeness (QED) is 0.325. The lowest BCUT2D eigenvalue weighted by atomic mass is 10.5. The van der Waals surface area contributed by atoms with Crippen LogP contribution in [-0.4, -0.2) is 41.1 Å². The number of nitrogens with one attached hydrogen (secondary N) is 2. The molecule has 21 heavy (non-hydrogen) atoms. The Balaban J connectivity index is 2.81. The van der Waals surface area contributed by atoms with Gasteiger partial charge in [0.1, 0.15) is 4.21 Å². The fourth-order valence-corrected chi connectivity index (χ4v) is 4.30. The zero-order valence-electron chi connectivity index (χ0n) is 10.9. The van der Waals surface area contributed by atoms with Crippen LogP contribution in [0.15, 0.2) is 10.3 Å². The summed E-state index contributed by atoms with van der Waals surface area (Å²) in [5.41, 5.74) is -0.340. The molecule has 0 radical (unpaired) electrons. The van der Waals surface area contributed by atoms with Gasteiger partial charge >= 0.3 is 5.69 Å². The van der Waals surface area contributed by atoms with E-state index in [1.54, 1.807) is 0 Å². The maximum absolute atomic E-state index is 11.9. The molecule has 0 saturated heterocycles. The summed E-state index contributed by atoms with van der Waals surface area (Å²) in [6.45, 7) is -0.140. The molecule has 1 aromatic heterocycles. The second-order valence-electron chi connectivity index (χ2n) is 3.91. The smallest absolute Gasteiger partial charge is 0.304 e. The van der Waals surface area contributed by atoms with Gasteiger partial charge in [-0.05, 0) is 6.42 Å². The van der Waals surface area contributed by atoms with Gasteiger partial charge < -0.3 is 5.32 Å². The van der Waals surface area contributed by atoms with E-state index in [2.05, 4.69) is 10.0 Å². The average Bonchev–Trinajstić information content (AvgIpc) is 2.78. The number of primary sulfonamides is 1. The van der Waals surface area contributed by atoms with Crippen molar-refractivity contribution in [3.05, 3.63) is 16.2 Å². The topological polar surface area (TPSA) is 162 Å². The van der Waals surface area contributed by atoms with Crippen molar-refractivity contribution in [2.24, 2.45) is 5.14 Å². The van der Waals surface area contributed by atoms with E-state index in [0.717, 1.165) is 6.07 Å². The van der Waals surface area contributed by atoms with Gasteiger partial charge in [0.25, 0.3) is 0 Å². The predicted molar refractivity (Wildman–Crippen MR) is 78.3 cm³/mol. The van der Waals surface area contributed by atoms with Crippen LogP contribution in [0.1, 0.15) is 6.42 Å². The van der Waals surface area contributed by atoms with Gasteiger partial charge in [-0.3, -0.25) is 10.1 Å². The first kappa shape index (κ1) is 17.8. The van der Waals surface area contributed by atoms with Crippen molar-refractivity contribution in [3.8, 4) is 0 Å². The molecule has 4 N–H and O–H groups in total. The zero-order valence-corrected chi connectivity index (χ0v) is 13.3. The number of hydrogen-bond acceptors (Lipinski definition) is 8. The van der Waals surface area contributed by atoms with E-state index in [4.69, 9.17) is 5.14 Å². The number of hydrogen-bond donors (Lipinski definition) is 3. The lowest BCUT2D eigenvalue weighted by Gasteiger charge is -2.03. The lowest BCUT2D eigenvalue weighted by Crippen LogP contribution is -2.27. The highest BCUT2D eigenvalue weighted by Crippen LogP contribution is 2.36. The van der Waals surface area contributed by atoms with Crippen LogP contribution in [0.3, 0.4) is 0 Å². The third kappa shape index (κ3) is 5.20. The van der Waals surface area contributed by atoms with Crippen molar-refractivity contribution < 1.29 is 21.8 Å². The van der Waals surface area contributed by atoms with E-state index in [9.17, 15) is 26.9 Å². The molecule has 0 aliphatic carbocycles. The molecule has 0 atom stereocenters. The van der Waals surface area contributed by atoms with Crippen LogP contribution in [0.4, 0.5) is 10.7 Å². The summed E-state index contributed by atoms with van der Waals surface area (Å²) in [5.74, 6) is -0.359. The summed E-state index contributed by atoms with van der Waals surface area (Å²) in [6.07, 6.45) is 0.00438. The molecule has 0 spiro atoms. The second-order valence-corrected chi connectivity index (χ2v) is 8.69. The number of anilines is 1. The largest absolute Gasteiger partial charge is 0.374 e. The molecule has 1 aromatic rings. The predicted octanol–water partition coefficient (Wildman–Crippen LogP) is -0.345. The minimum absolute atomic E-state index is 0.00438. The molecule has 10 nitrogen and oxygen atoms in total. The molecular weight excluding hydrogens is 344 g/mol. The van der Waals surface area contributed by atoms with Gasteiger partial charge in [-0.2, -0.15) is 0 Å². The third-order valence-electron chi connectivity index (χ3n) is 2.28. The van der Waals surface area contributed by atoms with E-state index in [0.29, 0.717) is 11.3 Å². The SMILES string of the molecule is CNc1sc(S(=O)(=O)NCCCS(N)(=O)=O)cc1[N+](=O)[O-].